The van der Waals surface area contributed by atoms with E-state index in [0.29, 0.717) is 0 Å². The van der Waals surface area contributed by atoms with Crippen molar-refractivity contribution in [3.05, 3.63) is 53.9 Å². The molecular formula is C13H13NO. The van der Waals surface area contributed by atoms with Crippen LogP contribution in [-0.4, -0.2) is 4.98 Å². The van der Waals surface area contributed by atoms with Crippen molar-refractivity contribution in [2.24, 2.45) is 0 Å². The Morgan fingerprint density at radius 3 is 2.53 bits per heavy atom. The van der Waals surface area contributed by atoms with Crippen LogP contribution in [0.5, 0.6) is 11.5 Å². The van der Waals surface area contributed by atoms with Gasteiger partial charge in [-0.05, 0) is 37.6 Å². The van der Waals surface area contributed by atoms with Crippen LogP contribution in [0.15, 0.2) is 42.6 Å². The van der Waals surface area contributed by atoms with E-state index in [-0.39, 0.29) is 0 Å². The quantitative estimate of drug-likeness (QED) is 0.738. The Labute approximate surface area is 89.6 Å². The maximum atomic E-state index is 5.70. The number of hydrogen-bond acceptors (Lipinski definition) is 2. The van der Waals surface area contributed by atoms with E-state index in [1.54, 1.807) is 6.20 Å². The van der Waals surface area contributed by atoms with Gasteiger partial charge in [0.25, 0.3) is 0 Å². The van der Waals surface area contributed by atoms with Gasteiger partial charge in [0.1, 0.15) is 11.5 Å². The average Bonchev–Trinajstić information content (AvgIpc) is 2.17. The predicted molar refractivity (Wildman–Crippen MR) is 60.2 cm³/mol. The second-order valence-corrected chi connectivity index (χ2v) is 3.55. The van der Waals surface area contributed by atoms with Gasteiger partial charge in [0.05, 0.1) is 0 Å². The first kappa shape index (κ1) is 9.71. The van der Waals surface area contributed by atoms with Gasteiger partial charge in [-0.25, -0.2) is 0 Å². The summed E-state index contributed by atoms with van der Waals surface area (Å²) in [4.78, 5) is 4.12. The van der Waals surface area contributed by atoms with Crippen molar-refractivity contribution >= 4 is 0 Å². The summed E-state index contributed by atoms with van der Waals surface area (Å²) in [5.74, 6) is 1.69. The molecule has 1 aromatic carbocycles. The van der Waals surface area contributed by atoms with Gasteiger partial charge in [0, 0.05) is 18.0 Å². The van der Waals surface area contributed by atoms with Crippen molar-refractivity contribution in [1.82, 2.24) is 4.98 Å². The second-order valence-electron chi connectivity index (χ2n) is 3.55. The van der Waals surface area contributed by atoms with Gasteiger partial charge in [-0.3, -0.25) is 4.98 Å². The van der Waals surface area contributed by atoms with Crippen LogP contribution in [0.4, 0.5) is 0 Å². The standard InChI is InChI=1S/C13H13NO/c1-10-4-3-5-12(8-10)15-13-6-7-14-11(2)9-13/h3-9H,1-2H3. The molecule has 2 rings (SSSR count). The Morgan fingerprint density at radius 1 is 1.00 bits per heavy atom. The summed E-state index contributed by atoms with van der Waals surface area (Å²) >= 11 is 0. The molecule has 2 heteroatoms. The molecule has 0 amide bonds. The number of aromatic nitrogens is 1. The van der Waals surface area contributed by atoms with Gasteiger partial charge in [0.2, 0.25) is 0 Å². The minimum Gasteiger partial charge on any atom is -0.457 e. The highest BCUT2D eigenvalue weighted by Crippen LogP contribution is 2.21. The van der Waals surface area contributed by atoms with Gasteiger partial charge in [-0.1, -0.05) is 12.1 Å². The number of nitrogens with zero attached hydrogens (tertiary/aromatic N) is 1. The molecule has 1 aromatic heterocycles. The third-order valence-corrected chi connectivity index (χ3v) is 2.09. The molecule has 2 aromatic rings. The Bertz CT molecular complexity index is 422. The number of rotatable bonds is 2. The van der Waals surface area contributed by atoms with Crippen molar-refractivity contribution < 1.29 is 4.74 Å². The van der Waals surface area contributed by atoms with Gasteiger partial charge in [0.15, 0.2) is 0 Å². The van der Waals surface area contributed by atoms with Crippen LogP contribution in [0, 0.1) is 13.8 Å². The summed E-state index contributed by atoms with van der Waals surface area (Å²) in [5, 5.41) is 0. The summed E-state index contributed by atoms with van der Waals surface area (Å²) in [6.07, 6.45) is 1.75. The molecule has 0 aliphatic rings. The van der Waals surface area contributed by atoms with Crippen molar-refractivity contribution in [3.63, 3.8) is 0 Å². The lowest BCUT2D eigenvalue weighted by Crippen LogP contribution is -1.86. The maximum Gasteiger partial charge on any atom is 0.130 e. The van der Waals surface area contributed by atoms with Crippen LogP contribution in [0.1, 0.15) is 11.3 Å². The van der Waals surface area contributed by atoms with Crippen molar-refractivity contribution in [1.29, 1.82) is 0 Å². The topological polar surface area (TPSA) is 22.1 Å². The smallest absolute Gasteiger partial charge is 0.130 e. The highest BCUT2D eigenvalue weighted by Gasteiger charge is 1.97. The number of benzene rings is 1. The summed E-state index contributed by atoms with van der Waals surface area (Å²) in [6, 6.07) is 11.8. The van der Waals surface area contributed by atoms with Crippen LogP contribution < -0.4 is 4.74 Å². The van der Waals surface area contributed by atoms with E-state index in [2.05, 4.69) is 4.98 Å². The second kappa shape index (κ2) is 4.13. The molecule has 0 spiro atoms. The normalized spacial score (nSPS) is 10.0. The first-order chi connectivity index (χ1) is 7.24. The molecule has 0 aliphatic carbocycles. The lowest BCUT2D eigenvalue weighted by Gasteiger charge is -2.06. The SMILES string of the molecule is Cc1cccc(Oc2ccnc(C)c2)c1. The summed E-state index contributed by atoms with van der Waals surface area (Å²) in [5.41, 5.74) is 2.15. The molecule has 2 nitrogen and oxygen atoms in total. The van der Waals surface area contributed by atoms with E-state index in [1.165, 1.54) is 5.56 Å². The maximum absolute atomic E-state index is 5.70. The molecular weight excluding hydrogens is 186 g/mol. The first-order valence-electron chi connectivity index (χ1n) is 4.91. The number of hydrogen-bond donors (Lipinski definition) is 0. The highest BCUT2D eigenvalue weighted by atomic mass is 16.5. The molecule has 0 radical (unpaired) electrons. The molecule has 0 saturated carbocycles. The lowest BCUT2D eigenvalue weighted by atomic mass is 10.2. The Balaban J connectivity index is 2.22. The van der Waals surface area contributed by atoms with Crippen LogP contribution >= 0.6 is 0 Å². The summed E-state index contributed by atoms with van der Waals surface area (Å²) in [6.45, 7) is 3.99. The zero-order valence-electron chi connectivity index (χ0n) is 8.90. The Kier molecular flexibility index (Phi) is 2.68. The van der Waals surface area contributed by atoms with E-state index < -0.39 is 0 Å². The third-order valence-electron chi connectivity index (χ3n) is 2.09. The van der Waals surface area contributed by atoms with Gasteiger partial charge < -0.3 is 4.74 Å². The minimum absolute atomic E-state index is 0.827. The van der Waals surface area contributed by atoms with E-state index >= 15 is 0 Å². The molecule has 15 heavy (non-hydrogen) atoms. The zero-order chi connectivity index (χ0) is 10.7. The monoisotopic (exact) mass is 199 g/mol. The van der Waals surface area contributed by atoms with Gasteiger partial charge >= 0.3 is 0 Å². The fourth-order valence-corrected chi connectivity index (χ4v) is 1.40. The minimum atomic E-state index is 0.827. The Morgan fingerprint density at radius 2 is 1.80 bits per heavy atom. The van der Waals surface area contributed by atoms with Crippen LogP contribution in [-0.2, 0) is 0 Å². The van der Waals surface area contributed by atoms with Gasteiger partial charge in [-0.15, -0.1) is 0 Å². The number of aryl methyl sites for hydroxylation is 2. The molecule has 0 aliphatic heterocycles. The van der Waals surface area contributed by atoms with Crippen LogP contribution in [0.3, 0.4) is 0 Å². The average molecular weight is 199 g/mol. The first-order valence-corrected chi connectivity index (χ1v) is 4.91. The van der Waals surface area contributed by atoms with Crippen molar-refractivity contribution in [3.8, 4) is 11.5 Å². The highest BCUT2D eigenvalue weighted by molar-refractivity contribution is 5.33. The fraction of sp³-hybridized carbons (Fsp3) is 0.154. The molecule has 1 heterocycles. The fourth-order valence-electron chi connectivity index (χ4n) is 1.40. The largest absolute Gasteiger partial charge is 0.457 e. The van der Waals surface area contributed by atoms with E-state index in [1.807, 2.05) is 50.2 Å². The molecule has 76 valence electrons. The molecule has 0 saturated heterocycles. The molecule has 0 unspecified atom stereocenters. The van der Waals surface area contributed by atoms with E-state index in [4.69, 9.17) is 4.74 Å². The molecule has 0 fully saturated rings. The summed E-state index contributed by atoms with van der Waals surface area (Å²) < 4.78 is 5.70. The number of pyridine rings is 1. The lowest BCUT2D eigenvalue weighted by molar-refractivity contribution is 0.481. The van der Waals surface area contributed by atoms with Gasteiger partial charge in [-0.2, -0.15) is 0 Å². The van der Waals surface area contributed by atoms with Crippen molar-refractivity contribution in [2.45, 2.75) is 13.8 Å². The zero-order valence-corrected chi connectivity index (χ0v) is 8.90. The molecule has 0 bridgehead atoms. The summed E-state index contributed by atoms with van der Waals surface area (Å²) in [7, 11) is 0. The predicted octanol–water partition coefficient (Wildman–Crippen LogP) is 3.49. The van der Waals surface area contributed by atoms with Crippen molar-refractivity contribution in [2.75, 3.05) is 0 Å². The van der Waals surface area contributed by atoms with Crippen LogP contribution in [0.25, 0.3) is 0 Å². The number of ether oxygens (including phenoxy) is 1. The Hall–Kier alpha value is -1.83. The third kappa shape index (κ3) is 2.56. The van der Waals surface area contributed by atoms with E-state index in [9.17, 15) is 0 Å². The molecule has 0 N–H and O–H groups in total. The van der Waals surface area contributed by atoms with E-state index in [0.717, 1.165) is 17.2 Å². The van der Waals surface area contributed by atoms with Crippen LogP contribution in [0.2, 0.25) is 0 Å². The molecule has 0 atom stereocenters.